The first-order chi connectivity index (χ1) is 16.6. The zero-order valence-electron chi connectivity index (χ0n) is 20.9. The van der Waals surface area contributed by atoms with Gasteiger partial charge in [0.25, 0.3) is 5.56 Å². The number of hydrogen-bond donors (Lipinski definition) is 3. The maximum absolute atomic E-state index is 13.0. The summed E-state index contributed by atoms with van der Waals surface area (Å²) in [6.45, 7) is 11.5. The number of anilines is 2. The summed E-state index contributed by atoms with van der Waals surface area (Å²) in [6, 6.07) is 9.44. The van der Waals surface area contributed by atoms with E-state index < -0.39 is 10.8 Å². The summed E-state index contributed by atoms with van der Waals surface area (Å²) in [5.41, 5.74) is 5.50. The number of aromatic nitrogens is 3. The lowest BCUT2D eigenvalue weighted by Crippen LogP contribution is -2.26. The second kappa shape index (κ2) is 11.3. The number of aromatic amines is 1. The van der Waals surface area contributed by atoms with Crippen molar-refractivity contribution in [3.8, 4) is 11.3 Å². The van der Waals surface area contributed by atoms with E-state index in [1.807, 2.05) is 52.8 Å². The number of carbonyl (C=O) groups is 2. The van der Waals surface area contributed by atoms with E-state index in [0.717, 1.165) is 39.7 Å². The van der Waals surface area contributed by atoms with Gasteiger partial charge in [0.05, 0.1) is 10.9 Å². The van der Waals surface area contributed by atoms with Crippen LogP contribution in [0.2, 0.25) is 0 Å². The van der Waals surface area contributed by atoms with E-state index in [1.165, 1.54) is 0 Å². The molecule has 9 heteroatoms. The Morgan fingerprint density at radius 1 is 0.971 bits per heavy atom. The molecule has 0 radical (unpaired) electrons. The summed E-state index contributed by atoms with van der Waals surface area (Å²) < 4.78 is 0. The number of rotatable bonds is 8. The summed E-state index contributed by atoms with van der Waals surface area (Å²) in [4.78, 5) is 40.6. The summed E-state index contributed by atoms with van der Waals surface area (Å²) in [5.74, 6) is -0.329. The van der Waals surface area contributed by atoms with Gasteiger partial charge >= 0.3 is 0 Å². The summed E-state index contributed by atoms with van der Waals surface area (Å²) in [6.07, 6.45) is 0.851. The molecule has 0 unspecified atom stereocenters. The van der Waals surface area contributed by atoms with Crippen LogP contribution in [0.15, 0.2) is 40.3 Å². The molecule has 3 N–H and O–H groups in total. The Morgan fingerprint density at radius 2 is 1.66 bits per heavy atom. The van der Waals surface area contributed by atoms with Crippen molar-refractivity contribution in [3.63, 3.8) is 0 Å². The first-order valence-electron chi connectivity index (χ1n) is 11.6. The van der Waals surface area contributed by atoms with Gasteiger partial charge in [-0.05, 0) is 57.4 Å². The average Bonchev–Trinajstić information content (AvgIpc) is 2.80. The Labute approximate surface area is 209 Å². The third kappa shape index (κ3) is 6.36. The Morgan fingerprint density at radius 3 is 2.26 bits per heavy atom. The molecule has 2 aromatic carbocycles. The largest absolute Gasteiger partial charge is 0.325 e. The van der Waals surface area contributed by atoms with Gasteiger partial charge in [-0.3, -0.25) is 19.4 Å². The van der Waals surface area contributed by atoms with Crippen LogP contribution in [0, 0.1) is 27.7 Å². The first-order valence-corrected chi connectivity index (χ1v) is 12.4. The number of H-pyrrole nitrogens is 1. The van der Waals surface area contributed by atoms with Crippen LogP contribution >= 0.6 is 11.8 Å². The van der Waals surface area contributed by atoms with Gasteiger partial charge in [0.2, 0.25) is 11.8 Å². The van der Waals surface area contributed by atoms with Crippen LogP contribution in [0.25, 0.3) is 11.3 Å². The molecular weight excluding hydrogens is 462 g/mol. The highest BCUT2D eigenvalue weighted by atomic mass is 32.2. The molecule has 8 nitrogen and oxygen atoms in total. The van der Waals surface area contributed by atoms with E-state index >= 15 is 0 Å². The second-order valence-electron chi connectivity index (χ2n) is 8.54. The van der Waals surface area contributed by atoms with Gasteiger partial charge in [0.15, 0.2) is 10.9 Å². The van der Waals surface area contributed by atoms with Crippen LogP contribution < -0.4 is 16.2 Å². The number of amides is 2. The second-order valence-corrected chi connectivity index (χ2v) is 9.73. The van der Waals surface area contributed by atoms with Gasteiger partial charge in [-0.1, -0.05) is 54.9 Å². The number of hydrogen-bond acceptors (Lipinski definition) is 6. The van der Waals surface area contributed by atoms with E-state index in [4.69, 9.17) is 0 Å². The predicted octanol–water partition coefficient (Wildman–Crippen LogP) is 4.92. The van der Waals surface area contributed by atoms with Crippen molar-refractivity contribution in [1.29, 1.82) is 0 Å². The SMILES string of the molecule is CCC(=O)Nc1ccc(C)cc1-c1nnc(S[C@@H](CC)C(=O)Nc2c(C)cc(C)cc2C)[nH]c1=O. The van der Waals surface area contributed by atoms with Crippen LogP contribution in [0.4, 0.5) is 11.4 Å². The molecule has 0 aliphatic rings. The van der Waals surface area contributed by atoms with Crippen LogP contribution in [-0.2, 0) is 9.59 Å². The lowest BCUT2D eigenvalue weighted by molar-refractivity contribution is -0.116. The lowest BCUT2D eigenvalue weighted by Gasteiger charge is -2.17. The van der Waals surface area contributed by atoms with E-state index in [0.29, 0.717) is 24.1 Å². The lowest BCUT2D eigenvalue weighted by atomic mass is 10.0. The Balaban J connectivity index is 1.84. The van der Waals surface area contributed by atoms with Crippen molar-refractivity contribution in [2.45, 2.75) is 64.8 Å². The van der Waals surface area contributed by atoms with E-state index in [1.54, 1.807) is 19.1 Å². The molecule has 184 valence electrons. The maximum atomic E-state index is 13.0. The molecular formula is C26H31N5O3S. The predicted molar refractivity (Wildman–Crippen MR) is 141 cm³/mol. The number of nitrogens with zero attached hydrogens (tertiary/aromatic N) is 2. The minimum atomic E-state index is -0.468. The van der Waals surface area contributed by atoms with Crippen molar-refractivity contribution in [2.24, 2.45) is 0 Å². The van der Waals surface area contributed by atoms with Gasteiger partial charge in [0, 0.05) is 17.7 Å². The molecule has 1 atom stereocenters. The fourth-order valence-corrected chi connectivity index (χ4v) is 4.63. The standard InChI is InChI=1S/C26H31N5O3S/c1-7-20(24(33)28-22-16(5)11-15(4)12-17(22)6)35-26-29-25(34)23(30-31-26)18-13-14(3)9-10-19(18)27-21(32)8-2/h9-13,20H,7-8H2,1-6H3,(H,27,32)(H,28,33)(H,29,31,34)/t20-/m0/s1. The van der Waals surface area contributed by atoms with Crippen LogP contribution in [0.1, 0.15) is 48.9 Å². The smallest absolute Gasteiger partial charge is 0.278 e. The molecule has 3 rings (SSSR count). The zero-order valence-corrected chi connectivity index (χ0v) is 21.7. The number of benzene rings is 2. The van der Waals surface area contributed by atoms with Crippen LogP contribution in [0.3, 0.4) is 0 Å². The maximum Gasteiger partial charge on any atom is 0.278 e. The highest BCUT2D eigenvalue weighted by Gasteiger charge is 2.22. The summed E-state index contributed by atoms with van der Waals surface area (Å²) in [5, 5.41) is 13.9. The summed E-state index contributed by atoms with van der Waals surface area (Å²) in [7, 11) is 0. The fraction of sp³-hybridized carbons (Fsp3) is 0.346. The highest BCUT2D eigenvalue weighted by Crippen LogP contribution is 2.28. The molecule has 0 saturated heterocycles. The number of aryl methyl sites for hydroxylation is 4. The van der Waals surface area contributed by atoms with Crippen molar-refractivity contribution in [3.05, 3.63) is 62.9 Å². The van der Waals surface area contributed by atoms with Crippen molar-refractivity contribution in [1.82, 2.24) is 15.2 Å². The highest BCUT2D eigenvalue weighted by molar-refractivity contribution is 8.00. The molecule has 2 amide bonds. The number of carbonyl (C=O) groups excluding carboxylic acids is 2. The molecule has 0 fully saturated rings. The van der Waals surface area contributed by atoms with Gasteiger partial charge in [-0.2, -0.15) is 0 Å². The van der Waals surface area contributed by atoms with Gasteiger partial charge in [-0.25, -0.2) is 0 Å². The van der Waals surface area contributed by atoms with Crippen LogP contribution in [-0.4, -0.2) is 32.2 Å². The Bertz CT molecular complexity index is 1300. The first kappa shape index (κ1) is 26.2. The normalized spacial score (nSPS) is 11.7. The van der Waals surface area contributed by atoms with E-state index in [9.17, 15) is 14.4 Å². The van der Waals surface area contributed by atoms with E-state index in [-0.39, 0.29) is 22.7 Å². The third-order valence-electron chi connectivity index (χ3n) is 5.54. The fourth-order valence-electron chi connectivity index (χ4n) is 3.79. The summed E-state index contributed by atoms with van der Waals surface area (Å²) >= 11 is 1.16. The molecule has 35 heavy (non-hydrogen) atoms. The van der Waals surface area contributed by atoms with Crippen molar-refractivity contribution < 1.29 is 9.59 Å². The van der Waals surface area contributed by atoms with Crippen LogP contribution in [0.5, 0.6) is 0 Å². The third-order valence-corrected chi connectivity index (χ3v) is 6.78. The number of thioether (sulfide) groups is 1. The average molecular weight is 494 g/mol. The van der Waals surface area contributed by atoms with E-state index in [2.05, 4.69) is 25.8 Å². The van der Waals surface area contributed by atoms with Gasteiger partial charge in [-0.15, -0.1) is 10.2 Å². The monoisotopic (exact) mass is 493 g/mol. The molecule has 1 heterocycles. The molecule has 3 aromatic rings. The minimum absolute atomic E-state index is 0.104. The Hall–Kier alpha value is -3.46. The molecule has 0 spiro atoms. The molecule has 0 aliphatic carbocycles. The molecule has 0 saturated carbocycles. The molecule has 1 aromatic heterocycles. The molecule has 0 bridgehead atoms. The topological polar surface area (TPSA) is 117 Å². The Kier molecular flexibility index (Phi) is 8.45. The van der Waals surface area contributed by atoms with Crippen molar-refractivity contribution in [2.75, 3.05) is 10.6 Å². The van der Waals surface area contributed by atoms with Crippen molar-refractivity contribution >= 4 is 35.0 Å². The molecule has 0 aliphatic heterocycles. The number of nitrogens with one attached hydrogen (secondary N) is 3. The quantitative estimate of drug-likeness (QED) is 0.383. The van der Waals surface area contributed by atoms with Gasteiger partial charge in [0.1, 0.15) is 0 Å². The minimum Gasteiger partial charge on any atom is -0.325 e. The zero-order chi connectivity index (χ0) is 25.7. The van der Waals surface area contributed by atoms with Gasteiger partial charge < -0.3 is 10.6 Å².